The summed E-state index contributed by atoms with van der Waals surface area (Å²) in [6.45, 7) is 4.95. The Morgan fingerprint density at radius 1 is 1.21 bits per heavy atom. The highest BCUT2D eigenvalue weighted by atomic mass is 31.2. The summed E-state index contributed by atoms with van der Waals surface area (Å²) in [5, 5.41) is 22.5. The number of phosphoric acid groups is 1. The number of ether oxygens (including phenoxy) is 1. The first kappa shape index (κ1) is 23.4. The first-order valence-electron chi connectivity index (χ1n) is 10.8. The number of nitrogens with zero attached hydrogens (tertiary/aromatic N) is 3. The van der Waals surface area contributed by atoms with Crippen molar-refractivity contribution in [3.8, 4) is 0 Å². The van der Waals surface area contributed by atoms with Crippen LogP contribution in [-0.4, -0.2) is 48.3 Å². The molecule has 0 saturated carbocycles. The number of hydrogen-bond donors (Lipinski definition) is 3. The SMILES string of the molecule is CC1(C)C[C@H](c2ccccc2)OP(=O)(OC2O[C@@H](n3ccc4c(N)ncnc43)[C@](C)(O)[C@@H]2O)O1. The number of phosphoric ester groups is 1. The maximum Gasteiger partial charge on any atom is 0.478 e. The second-order valence-corrected chi connectivity index (χ2v) is 10.9. The van der Waals surface area contributed by atoms with Gasteiger partial charge in [0.15, 0.2) is 6.23 Å². The molecule has 2 aliphatic heterocycles. The van der Waals surface area contributed by atoms with Crippen LogP contribution in [0.3, 0.4) is 0 Å². The van der Waals surface area contributed by atoms with Gasteiger partial charge in [0, 0.05) is 12.6 Å². The number of anilines is 1. The van der Waals surface area contributed by atoms with Crippen molar-refractivity contribution in [1.29, 1.82) is 0 Å². The van der Waals surface area contributed by atoms with Gasteiger partial charge in [-0.15, -0.1) is 0 Å². The number of benzene rings is 1. The standard InChI is InChI=1S/C22H27N4O7P/c1-21(2)11-15(13-7-5-4-6-8-13)31-34(29,33-21)32-19-16(27)22(3,28)20(30-19)26-10-9-14-17(23)24-12-25-18(14)26/h4-10,12,15-16,19-20,27-28H,11H2,1-3H3,(H2,23,24,25)/t15-,16-,19?,20-,22-,34?/m1/s1. The van der Waals surface area contributed by atoms with Crippen LogP contribution in [0.2, 0.25) is 0 Å². The number of nitrogen functional groups attached to an aromatic ring is 1. The van der Waals surface area contributed by atoms with E-state index in [0.29, 0.717) is 17.5 Å². The Hall–Kier alpha value is -2.37. The molecule has 34 heavy (non-hydrogen) atoms. The summed E-state index contributed by atoms with van der Waals surface area (Å²) in [6.07, 6.45) is -1.44. The number of hydrogen-bond acceptors (Lipinski definition) is 10. The molecule has 0 radical (unpaired) electrons. The van der Waals surface area contributed by atoms with Crippen LogP contribution in [0.1, 0.15) is 45.1 Å². The van der Waals surface area contributed by atoms with Crippen LogP contribution in [0.4, 0.5) is 5.82 Å². The second-order valence-electron chi connectivity index (χ2n) is 9.36. The third-order valence-corrected chi connectivity index (χ3v) is 7.81. The Kier molecular flexibility index (Phi) is 5.57. The molecule has 11 nitrogen and oxygen atoms in total. The molecule has 0 amide bonds. The number of aromatic nitrogens is 3. The lowest BCUT2D eigenvalue weighted by Crippen LogP contribution is -2.44. The van der Waals surface area contributed by atoms with Gasteiger partial charge in [0.1, 0.15) is 29.5 Å². The van der Waals surface area contributed by atoms with Crippen LogP contribution in [0, 0.1) is 0 Å². The Morgan fingerprint density at radius 3 is 2.68 bits per heavy atom. The summed E-state index contributed by atoms with van der Waals surface area (Å²) in [6, 6.07) is 11.0. The highest BCUT2D eigenvalue weighted by Crippen LogP contribution is 2.63. The van der Waals surface area contributed by atoms with Crippen LogP contribution in [-0.2, 0) is 22.9 Å². The highest BCUT2D eigenvalue weighted by molar-refractivity contribution is 7.48. The Bertz CT molecular complexity index is 1250. The zero-order valence-corrected chi connectivity index (χ0v) is 19.8. The van der Waals surface area contributed by atoms with Gasteiger partial charge in [-0.3, -0.25) is 13.6 Å². The fraction of sp³-hybridized carbons (Fsp3) is 0.455. The largest absolute Gasteiger partial charge is 0.478 e. The molecule has 0 spiro atoms. The summed E-state index contributed by atoms with van der Waals surface area (Å²) >= 11 is 0. The zero-order chi connectivity index (χ0) is 24.3. The lowest BCUT2D eigenvalue weighted by atomic mass is 9.96. The third kappa shape index (κ3) is 4.03. The molecule has 2 fully saturated rings. The van der Waals surface area contributed by atoms with Crippen LogP contribution in [0.15, 0.2) is 48.9 Å². The summed E-state index contributed by atoms with van der Waals surface area (Å²) in [5.74, 6) is 0.261. The van der Waals surface area contributed by atoms with E-state index < -0.39 is 43.8 Å². The number of nitrogens with two attached hydrogens (primary N) is 1. The van der Waals surface area contributed by atoms with Gasteiger partial charge in [0.05, 0.1) is 17.1 Å². The van der Waals surface area contributed by atoms with Crippen molar-refractivity contribution < 1.29 is 33.1 Å². The number of aliphatic hydroxyl groups is 2. The Balaban J connectivity index is 1.43. The van der Waals surface area contributed by atoms with Crippen molar-refractivity contribution in [2.45, 2.75) is 63.1 Å². The van der Waals surface area contributed by atoms with Crippen molar-refractivity contribution >= 4 is 24.7 Å². The molecular weight excluding hydrogens is 463 g/mol. The Morgan fingerprint density at radius 2 is 1.94 bits per heavy atom. The van der Waals surface area contributed by atoms with Crippen molar-refractivity contribution in [2.75, 3.05) is 5.73 Å². The molecule has 12 heteroatoms. The van der Waals surface area contributed by atoms with E-state index in [-0.39, 0.29) is 5.82 Å². The lowest BCUT2D eigenvalue weighted by Gasteiger charge is -2.39. The quantitative estimate of drug-likeness (QED) is 0.465. The average molecular weight is 490 g/mol. The molecule has 4 N–H and O–H groups in total. The van der Waals surface area contributed by atoms with E-state index in [2.05, 4.69) is 9.97 Å². The van der Waals surface area contributed by atoms with Gasteiger partial charge in [0.25, 0.3) is 0 Å². The van der Waals surface area contributed by atoms with Crippen LogP contribution < -0.4 is 5.73 Å². The first-order chi connectivity index (χ1) is 16.0. The van der Waals surface area contributed by atoms with Gasteiger partial charge in [-0.05, 0) is 32.4 Å². The molecule has 182 valence electrons. The topological polar surface area (TPSA) is 151 Å². The van der Waals surface area contributed by atoms with E-state index in [1.54, 1.807) is 26.1 Å². The molecule has 2 saturated heterocycles. The first-order valence-corrected chi connectivity index (χ1v) is 12.3. The lowest BCUT2D eigenvalue weighted by molar-refractivity contribution is -0.156. The molecule has 1 aromatic carbocycles. The second kappa shape index (κ2) is 8.10. The molecule has 3 aromatic rings. The predicted octanol–water partition coefficient (Wildman–Crippen LogP) is 3.06. The molecule has 6 atom stereocenters. The van der Waals surface area contributed by atoms with E-state index in [9.17, 15) is 14.8 Å². The van der Waals surface area contributed by atoms with Crippen molar-refractivity contribution in [2.24, 2.45) is 0 Å². The molecule has 2 unspecified atom stereocenters. The van der Waals surface area contributed by atoms with Gasteiger partial charge < -0.3 is 25.3 Å². The molecule has 2 aliphatic rings. The van der Waals surface area contributed by atoms with Gasteiger partial charge in [0.2, 0.25) is 6.29 Å². The van der Waals surface area contributed by atoms with Gasteiger partial charge in [-0.25, -0.2) is 14.5 Å². The summed E-state index contributed by atoms with van der Waals surface area (Å²) in [4.78, 5) is 8.16. The highest BCUT2D eigenvalue weighted by Gasteiger charge is 2.57. The fourth-order valence-electron chi connectivity index (χ4n) is 4.39. The zero-order valence-electron chi connectivity index (χ0n) is 18.9. The normalized spacial score (nSPS) is 35.6. The molecular formula is C22H27N4O7P. The monoisotopic (exact) mass is 490 g/mol. The number of rotatable bonds is 4. The maximum atomic E-state index is 13.6. The van der Waals surface area contributed by atoms with Crippen LogP contribution in [0.5, 0.6) is 0 Å². The number of fused-ring (bicyclic) bond motifs is 1. The van der Waals surface area contributed by atoms with Crippen molar-refractivity contribution in [3.05, 3.63) is 54.5 Å². The minimum absolute atomic E-state index is 0.261. The van der Waals surface area contributed by atoms with E-state index >= 15 is 0 Å². The molecule has 4 heterocycles. The number of aliphatic hydroxyl groups excluding tert-OH is 1. The summed E-state index contributed by atoms with van der Waals surface area (Å²) < 4.78 is 38.1. The van der Waals surface area contributed by atoms with E-state index in [4.69, 9.17) is 24.0 Å². The van der Waals surface area contributed by atoms with Crippen molar-refractivity contribution in [1.82, 2.24) is 14.5 Å². The molecule has 0 bridgehead atoms. The van der Waals surface area contributed by atoms with Crippen LogP contribution in [0.25, 0.3) is 11.0 Å². The van der Waals surface area contributed by atoms with Crippen LogP contribution >= 0.6 is 7.82 Å². The average Bonchev–Trinajstić information content (AvgIpc) is 3.28. The van der Waals surface area contributed by atoms with Gasteiger partial charge in [-0.1, -0.05) is 30.3 Å². The molecule has 2 aromatic heterocycles. The third-order valence-electron chi connectivity index (χ3n) is 6.11. The van der Waals surface area contributed by atoms with Crippen molar-refractivity contribution in [3.63, 3.8) is 0 Å². The fourth-order valence-corrected chi connectivity index (χ4v) is 6.13. The summed E-state index contributed by atoms with van der Waals surface area (Å²) in [7, 11) is -4.21. The van der Waals surface area contributed by atoms with E-state index in [1.807, 2.05) is 30.3 Å². The van der Waals surface area contributed by atoms with Gasteiger partial charge in [-0.2, -0.15) is 0 Å². The smallest absolute Gasteiger partial charge is 0.385 e. The summed E-state index contributed by atoms with van der Waals surface area (Å²) in [5.41, 5.74) is 4.44. The van der Waals surface area contributed by atoms with Gasteiger partial charge >= 0.3 is 7.82 Å². The van der Waals surface area contributed by atoms with E-state index in [1.165, 1.54) is 17.8 Å². The minimum atomic E-state index is -4.21. The minimum Gasteiger partial charge on any atom is -0.385 e. The molecule has 5 rings (SSSR count). The molecule has 0 aliphatic carbocycles. The van der Waals surface area contributed by atoms with E-state index in [0.717, 1.165) is 5.56 Å². The maximum absolute atomic E-state index is 13.6. The Labute approximate surface area is 196 Å². The predicted molar refractivity (Wildman–Crippen MR) is 121 cm³/mol.